The topological polar surface area (TPSA) is 73.0 Å². The third-order valence-electron chi connectivity index (χ3n) is 5.86. The van der Waals surface area contributed by atoms with Crippen LogP contribution in [-0.2, 0) is 9.59 Å². The van der Waals surface area contributed by atoms with Crippen LogP contribution in [0.25, 0.3) is 0 Å². The Labute approximate surface area is 207 Å². The minimum Gasteiger partial charge on any atom is -0.342 e. The Morgan fingerprint density at radius 1 is 1.06 bits per heavy atom. The van der Waals surface area contributed by atoms with Crippen molar-refractivity contribution in [3.05, 3.63) is 33.8 Å². The zero-order chi connectivity index (χ0) is 24.5. The molecule has 0 aromatic heterocycles. The highest BCUT2D eigenvalue weighted by Crippen LogP contribution is 2.21. The minimum atomic E-state index is -0.645. The second-order valence-electron chi connectivity index (χ2n) is 8.80. The smallest absolute Gasteiger partial charge is 0.253 e. The van der Waals surface area contributed by atoms with Crippen molar-refractivity contribution in [3.8, 4) is 0 Å². The summed E-state index contributed by atoms with van der Waals surface area (Å²) in [7, 11) is 0. The highest BCUT2D eigenvalue weighted by Gasteiger charge is 2.29. The highest BCUT2D eigenvalue weighted by atomic mass is 35.5. The molecule has 1 saturated heterocycles. The first-order valence-corrected chi connectivity index (χ1v) is 12.5. The molecule has 1 aliphatic heterocycles. The van der Waals surface area contributed by atoms with Gasteiger partial charge in [0.25, 0.3) is 5.91 Å². The number of rotatable bonds is 9. The predicted molar refractivity (Wildman–Crippen MR) is 133 cm³/mol. The van der Waals surface area contributed by atoms with Gasteiger partial charge in [0, 0.05) is 44.3 Å². The average molecular weight is 499 g/mol. The second-order valence-corrected chi connectivity index (χ2v) is 9.64. The maximum absolute atomic E-state index is 13.4. The molecule has 184 valence electrons. The van der Waals surface area contributed by atoms with Crippen LogP contribution in [0.1, 0.15) is 50.9 Å². The normalized spacial score (nSPS) is 15.8. The molecule has 0 bridgehead atoms. The van der Waals surface area contributed by atoms with Crippen LogP contribution in [0.4, 0.5) is 0 Å². The minimum absolute atomic E-state index is 0.0981. The molecule has 0 spiro atoms. The van der Waals surface area contributed by atoms with E-state index < -0.39 is 11.9 Å². The number of likely N-dealkylation sites (N-methyl/N-ethyl adjacent to an activating group) is 1. The van der Waals surface area contributed by atoms with Crippen molar-refractivity contribution in [2.24, 2.45) is 5.92 Å². The fourth-order valence-corrected chi connectivity index (χ4v) is 4.53. The molecule has 1 aromatic rings. The van der Waals surface area contributed by atoms with Gasteiger partial charge in [-0.3, -0.25) is 19.3 Å². The van der Waals surface area contributed by atoms with Crippen molar-refractivity contribution in [1.82, 2.24) is 20.0 Å². The van der Waals surface area contributed by atoms with Crippen molar-refractivity contribution in [2.75, 3.05) is 45.8 Å². The first-order valence-electron chi connectivity index (χ1n) is 11.7. The fourth-order valence-electron chi connectivity index (χ4n) is 4.04. The largest absolute Gasteiger partial charge is 0.342 e. The summed E-state index contributed by atoms with van der Waals surface area (Å²) in [5.41, 5.74) is 0.291. The molecule has 0 radical (unpaired) electrons. The third-order valence-corrected chi connectivity index (χ3v) is 6.41. The zero-order valence-electron chi connectivity index (χ0n) is 20.1. The second kappa shape index (κ2) is 13.2. The van der Waals surface area contributed by atoms with E-state index in [2.05, 4.69) is 10.2 Å². The lowest BCUT2D eigenvalue weighted by molar-refractivity contribution is -0.133. The van der Waals surface area contributed by atoms with Crippen LogP contribution in [0.2, 0.25) is 10.0 Å². The van der Waals surface area contributed by atoms with Crippen LogP contribution in [0.5, 0.6) is 0 Å². The Hall–Kier alpha value is -1.83. The van der Waals surface area contributed by atoms with Crippen molar-refractivity contribution in [1.29, 1.82) is 0 Å². The molecule has 33 heavy (non-hydrogen) atoms. The molecule has 1 N–H and O–H groups in total. The number of amides is 3. The number of hydrogen-bond acceptors (Lipinski definition) is 4. The number of carbonyl (C=O) groups excluding carboxylic acids is 3. The maximum Gasteiger partial charge on any atom is 0.253 e. The molecular formula is C24H36Cl2N4O3. The summed E-state index contributed by atoms with van der Waals surface area (Å²) in [6.45, 7) is 12.3. The van der Waals surface area contributed by atoms with Crippen LogP contribution in [0.15, 0.2) is 18.2 Å². The highest BCUT2D eigenvalue weighted by molar-refractivity contribution is 6.36. The van der Waals surface area contributed by atoms with E-state index in [9.17, 15) is 14.4 Å². The first kappa shape index (κ1) is 27.4. The summed E-state index contributed by atoms with van der Waals surface area (Å²) in [5.74, 6) is -0.157. The Morgan fingerprint density at radius 3 is 2.36 bits per heavy atom. The van der Waals surface area contributed by atoms with Gasteiger partial charge in [-0.1, -0.05) is 37.0 Å². The van der Waals surface area contributed by atoms with Gasteiger partial charge in [0.05, 0.1) is 17.1 Å². The van der Waals surface area contributed by atoms with E-state index in [4.69, 9.17) is 23.2 Å². The molecule has 0 saturated carbocycles. The van der Waals surface area contributed by atoms with Gasteiger partial charge in [-0.05, 0) is 50.8 Å². The van der Waals surface area contributed by atoms with E-state index in [1.54, 1.807) is 17.0 Å². The molecule has 2 rings (SSSR count). The number of nitrogens with one attached hydrogen (secondary N) is 1. The van der Waals surface area contributed by atoms with Crippen molar-refractivity contribution in [2.45, 2.75) is 46.6 Å². The predicted octanol–water partition coefficient (Wildman–Crippen LogP) is 3.54. The van der Waals surface area contributed by atoms with Gasteiger partial charge in [-0.15, -0.1) is 0 Å². The van der Waals surface area contributed by atoms with Crippen LogP contribution in [-0.4, -0.2) is 84.3 Å². The van der Waals surface area contributed by atoms with E-state index >= 15 is 0 Å². The van der Waals surface area contributed by atoms with Crippen LogP contribution >= 0.6 is 23.2 Å². The SMILES string of the molecule is CCN(CC)C(=O)CN1CCCN(C(=O)C(CC(C)C)NC(=O)c2ccc(Cl)cc2Cl)CC1. The zero-order valence-corrected chi connectivity index (χ0v) is 21.6. The van der Waals surface area contributed by atoms with E-state index in [0.717, 1.165) is 13.0 Å². The van der Waals surface area contributed by atoms with Crippen molar-refractivity contribution >= 4 is 40.9 Å². The lowest BCUT2D eigenvalue weighted by atomic mass is 10.0. The lowest BCUT2D eigenvalue weighted by Gasteiger charge is -2.28. The summed E-state index contributed by atoms with van der Waals surface area (Å²) in [4.78, 5) is 44.5. The fraction of sp³-hybridized carbons (Fsp3) is 0.625. The summed E-state index contributed by atoms with van der Waals surface area (Å²) in [6, 6.07) is 4.03. The molecule has 1 heterocycles. The Morgan fingerprint density at radius 2 is 1.76 bits per heavy atom. The van der Waals surface area contributed by atoms with Gasteiger partial charge in [0.15, 0.2) is 0 Å². The summed E-state index contributed by atoms with van der Waals surface area (Å²) in [5, 5.41) is 3.58. The summed E-state index contributed by atoms with van der Waals surface area (Å²) >= 11 is 12.1. The van der Waals surface area contributed by atoms with Gasteiger partial charge in [-0.25, -0.2) is 0 Å². The Bertz CT molecular complexity index is 830. The van der Waals surface area contributed by atoms with Crippen LogP contribution < -0.4 is 5.32 Å². The van der Waals surface area contributed by atoms with E-state index in [1.165, 1.54) is 6.07 Å². The number of nitrogens with zero attached hydrogens (tertiary/aromatic N) is 3. The van der Waals surface area contributed by atoms with Crippen LogP contribution in [0.3, 0.4) is 0 Å². The molecular weight excluding hydrogens is 463 g/mol. The van der Waals surface area contributed by atoms with Crippen molar-refractivity contribution < 1.29 is 14.4 Å². The third kappa shape index (κ3) is 8.16. The van der Waals surface area contributed by atoms with Gasteiger partial charge >= 0.3 is 0 Å². The molecule has 7 nitrogen and oxygen atoms in total. The quantitative estimate of drug-likeness (QED) is 0.564. The Kier molecular flexibility index (Phi) is 10.9. The Balaban J connectivity index is 2.04. The standard InChI is InChI=1S/C24H36Cl2N4O3/c1-5-29(6-2)22(31)16-28-10-7-11-30(13-12-28)24(33)21(14-17(3)4)27-23(32)19-9-8-18(25)15-20(19)26/h8-9,15,17,21H,5-7,10-14,16H2,1-4H3,(H,27,32). The maximum atomic E-state index is 13.4. The molecule has 9 heteroatoms. The number of carbonyl (C=O) groups is 3. The number of benzene rings is 1. The molecule has 1 aliphatic rings. The van der Waals surface area contributed by atoms with E-state index in [-0.39, 0.29) is 22.8 Å². The average Bonchev–Trinajstić information content (AvgIpc) is 2.98. The summed E-state index contributed by atoms with van der Waals surface area (Å²) < 4.78 is 0. The van der Waals surface area contributed by atoms with E-state index in [1.807, 2.05) is 32.6 Å². The molecule has 1 atom stereocenters. The first-order chi connectivity index (χ1) is 15.7. The van der Waals surface area contributed by atoms with E-state index in [0.29, 0.717) is 56.3 Å². The molecule has 3 amide bonds. The number of halogens is 2. The van der Waals surface area contributed by atoms with Crippen molar-refractivity contribution in [3.63, 3.8) is 0 Å². The number of hydrogen-bond donors (Lipinski definition) is 1. The molecule has 1 fully saturated rings. The summed E-state index contributed by atoms with van der Waals surface area (Å²) in [6.07, 6.45) is 1.30. The van der Waals surface area contributed by atoms with Gasteiger partial charge < -0.3 is 15.1 Å². The molecule has 1 aromatic carbocycles. The van der Waals surface area contributed by atoms with Gasteiger partial charge in [0.1, 0.15) is 6.04 Å². The monoisotopic (exact) mass is 498 g/mol. The molecule has 0 aliphatic carbocycles. The van der Waals surface area contributed by atoms with Crippen LogP contribution in [0, 0.1) is 5.92 Å². The lowest BCUT2D eigenvalue weighted by Crippen LogP contribution is -2.50. The van der Waals surface area contributed by atoms with Gasteiger partial charge in [0.2, 0.25) is 11.8 Å². The van der Waals surface area contributed by atoms with Gasteiger partial charge in [-0.2, -0.15) is 0 Å². The molecule has 1 unspecified atom stereocenters.